The highest BCUT2D eigenvalue weighted by Crippen LogP contribution is 2.32. The van der Waals surface area contributed by atoms with Crippen molar-refractivity contribution in [3.05, 3.63) is 78.3 Å². The molecule has 0 atom stereocenters. The van der Waals surface area contributed by atoms with Crippen LogP contribution in [0.15, 0.2) is 78.3 Å². The Morgan fingerprint density at radius 2 is 1.62 bits per heavy atom. The minimum absolute atomic E-state index is 0.921. The second-order valence-electron chi connectivity index (χ2n) is 5.60. The lowest BCUT2D eigenvalue weighted by Crippen LogP contribution is -1.99. The average molecular weight is 327 g/mol. The van der Waals surface area contributed by atoms with Crippen LogP contribution in [0.5, 0.6) is 0 Å². The molecule has 0 aliphatic heterocycles. The molecular formula is C20H13N3S. The van der Waals surface area contributed by atoms with Crippen LogP contribution >= 0.6 is 11.3 Å². The zero-order chi connectivity index (χ0) is 15.9. The van der Waals surface area contributed by atoms with Gasteiger partial charge in [-0.05, 0) is 17.5 Å². The summed E-state index contributed by atoms with van der Waals surface area (Å²) in [5.74, 6) is 1.86. The van der Waals surface area contributed by atoms with Crippen molar-refractivity contribution in [1.29, 1.82) is 0 Å². The van der Waals surface area contributed by atoms with Crippen LogP contribution in [0.3, 0.4) is 0 Å². The molecule has 0 spiro atoms. The van der Waals surface area contributed by atoms with Crippen LogP contribution in [-0.2, 0) is 0 Å². The van der Waals surface area contributed by atoms with Gasteiger partial charge in [0, 0.05) is 10.9 Å². The van der Waals surface area contributed by atoms with E-state index in [2.05, 4.69) is 46.2 Å². The van der Waals surface area contributed by atoms with Gasteiger partial charge in [0.2, 0.25) is 0 Å². The number of aromatic nitrogens is 3. The van der Waals surface area contributed by atoms with Gasteiger partial charge in [-0.2, -0.15) is 0 Å². The lowest BCUT2D eigenvalue weighted by molar-refractivity contribution is 1.12. The number of rotatable bonds is 2. The highest BCUT2D eigenvalue weighted by Gasteiger charge is 2.16. The normalized spacial score (nSPS) is 11.3. The van der Waals surface area contributed by atoms with Crippen LogP contribution in [0.2, 0.25) is 0 Å². The van der Waals surface area contributed by atoms with Gasteiger partial charge in [0.1, 0.15) is 5.82 Å². The third kappa shape index (κ3) is 1.97. The lowest BCUT2D eigenvalue weighted by Gasteiger charge is -2.10. The van der Waals surface area contributed by atoms with Gasteiger partial charge in [-0.15, -0.1) is 11.3 Å². The molecule has 0 fully saturated rings. The smallest absolute Gasteiger partial charge is 0.156 e. The zero-order valence-electron chi connectivity index (χ0n) is 12.8. The van der Waals surface area contributed by atoms with Gasteiger partial charge >= 0.3 is 0 Å². The number of imidazole rings is 1. The molecule has 24 heavy (non-hydrogen) atoms. The Hall–Kier alpha value is -2.98. The number of fused-ring (bicyclic) bond motifs is 3. The second-order valence-corrected chi connectivity index (χ2v) is 6.55. The molecule has 0 saturated carbocycles. The molecule has 3 nitrogen and oxygen atoms in total. The molecule has 0 radical (unpaired) electrons. The van der Waals surface area contributed by atoms with Gasteiger partial charge in [-0.1, -0.05) is 54.6 Å². The Labute approximate surface area is 142 Å². The molecule has 0 aliphatic carbocycles. The third-order valence-corrected chi connectivity index (χ3v) is 5.02. The lowest BCUT2D eigenvalue weighted by atomic mass is 10.1. The predicted molar refractivity (Wildman–Crippen MR) is 99.2 cm³/mol. The fraction of sp³-hybridized carbons (Fsp3) is 0. The van der Waals surface area contributed by atoms with Crippen molar-refractivity contribution in [1.82, 2.24) is 14.4 Å². The van der Waals surface area contributed by atoms with Crippen molar-refractivity contribution in [3.8, 4) is 22.1 Å². The zero-order valence-corrected chi connectivity index (χ0v) is 13.6. The van der Waals surface area contributed by atoms with Gasteiger partial charge < -0.3 is 0 Å². The Morgan fingerprint density at radius 1 is 0.792 bits per heavy atom. The van der Waals surface area contributed by atoms with E-state index in [1.807, 2.05) is 36.5 Å². The van der Waals surface area contributed by atoms with Crippen molar-refractivity contribution < 1.29 is 0 Å². The summed E-state index contributed by atoms with van der Waals surface area (Å²) in [5, 5.41) is 3.19. The van der Waals surface area contributed by atoms with Crippen LogP contribution in [0, 0.1) is 0 Å². The maximum Gasteiger partial charge on any atom is 0.156 e. The largest absolute Gasteiger partial charge is 0.275 e. The molecule has 0 saturated heterocycles. The van der Waals surface area contributed by atoms with E-state index in [9.17, 15) is 0 Å². The van der Waals surface area contributed by atoms with Crippen LogP contribution < -0.4 is 0 Å². The molecule has 0 unspecified atom stereocenters. The highest BCUT2D eigenvalue weighted by molar-refractivity contribution is 7.13. The molecule has 0 aliphatic rings. The fourth-order valence-corrected chi connectivity index (χ4v) is 3.78. The fourth-order valence-electron chi connectivity index (χ4n) is 3.07. The third-order valence-electron chi connectivity index (χ3n) is 4.15. The maximum atomic E-state index is 4.94. The first-order chi connectivity index (χ1) is 11.9. The van der Waals surface area contributed by atoms with Crippen LogP contribution in [0.4, 0.5) is 0 Å². The topological polar surface area (TPSA) is 30.2 Å². The molecule has 2 aromatic carbocycles. The van der Waals surface area contributed by atoms with Gasteiger partial charge in [0.15, 0.2) is 5.82 Å². The molecule has 0 N–H and O–H groups in total. The van der Waals surface area contributed by atoms with E-state index in [0.29, 0.717) is 0 Å². The van der Waals surface area contributed by atoms with Gasteiger partial charge in [-0.3, -0.25) is 4.40 Å². The van der Waals surface area contributed by atoms with Crippen molar-refractivity contribution in [3.63, 3.8) is 0 Å². The van der Waals surface area contributed by atoms with Crippen molar-refractivity contribution in [2.24, 2.45) is 0 Å². The molecule has 5 rings (SSSR count). The molecule has 0 bridgehead atoms. The monoisotopic (exact) mass is 327 g/mol. The Morgan fingerprint density at radius 3 is 2.46 bits per heavy atom. The van der Waals surface area contributed by atoms with Crippen LogP contribution in [0.25, 0.3) is 38.5 Å². The van der Waals surface area contributed by atoms with E-state index >= 15 is 0 Å². The predicted octanol–water partition coefficient (Wildman–Crippen LogP) is 5.28. The molecule has 3 aromatic heterocycles. The molecule has 0 amide bonds. The summed E-state index contributed by atoms with van der Waals surface area (Å²) in [7, 11) is 0. The van der Waals surface area contributed by atoms with E-state index in [-0.39, 0.29) is 0 Å². The van der Waals surface area contributed by atoms with Gasteiger partial charge in [-0.25, -0.2) is 9.97 Å². The van der Waals surface area contributed by atoms with Crippen molar-refractivity contribution in [2.75, 3.05) is 0 Å². The summed E-state index contributed by atoms with van der Waals surface area (Å²) >= 11 is 1.69. The highest BCUT2D eigenvalue weighted by atomic mass is 32.1. The van der Waals surface area contributed by atoms with E-state index < -0.39 is 0 Å². The first kappa shape index (κ1) is 13.5. The Bertz CT molecular complexity index is 1140. The summed E-state index contributed by atoms with van der Waals surface area (Å²) in [4.78, 5) is 10.8. The minimum Gasteiger partial charge on any atom is -0.275 e. The molecule has 5 aromatic rings. The van der Waals surface area contributed by atoms with Crippen molar-refractivity contribution >= 4 is 27.8 Å². The second kappa shape index (κ2) is 5.28. The number of nitrogens with zero attached hydrogens (tertiary/aromatic N) is 3. The van der Waals surface area contributed by atoms with Gasteiger partial charge in [0.05, 0.1) is 22.1 Å². The van der Waals surface area contributed by atoms with E-state index in [0.717, 1.165) is 38.5 Å². The first-order valence-electron chi connectivity index (χ1n) is 7.77. The summed E-state index contributed by atoms with van der Waals surface area (Å²) in [5.41, 5.74) is 3.16. The Kier molecular flexibility index (Phi) is 2.96. The molecular weight excluding hydrogens is 314 g/mol. The number of benzene rings is 2. The summed E-state index contributed by atoms with van der Waals surface area (Å²) in [6, 6.07) is 22.7. The van der Waals surface area contributed by atoms with Crippen LogP contribution in [0.1, 0.15) is 0 Å². The quantitative estimate of drug-likeness (QED) is 0.442. The van der Waals surface area contributed by atoms with E-state index in [1.54, 1.807) is 11.3 Å². The summed E-state index contributed by atoms with van der Waals surface area (Å²) in [6.07, 6.45) is 1.95. The summed E-state index contributed by atoms with van der Waals surface area (Å²) < 4.78 is 2.17. The van der Waals surface area contributed by atoms with Gasteiger partial charge in [0.25, 0.3) is 0 Å². The molecule has 4 heteroatoms. The molecule has 3 heterocycles. The SMILES string of the molecule is c1ccc(-c2nc3ccccc3c3cnc(-c4cccs4)n23)cc1. The Balaban J connectivity index is 1.96. The summed E-state index contributed by atoms with van der Waals surface area (Å²) in [6.45, 7) is 0. The van der Waals surface area contributed by atoms with E-state index in [1.165, 1.54) is 0 Å². The average Bonchev–Trinajstić information content (AvgIpc) is 3.31. The maximum absolute atomic E-state index is 4.94. The number of hydrogen-bond acceptors (Lipinski definition) is 3. The molecule has 114 valence electrons. The minimum atomic E-state index is 0.921. The number of hydrogen-bond donors (Lipinski definition) is 0. The first-order valence-corrected chi connectivity index (χ1v) is 8.65. The van der Waals surface area contributed by atoms with Crippen molar-refractivity contribution in [2.45, 2.75) is 0 Å². The van der Waals surface area contributed by atoms with E-state index in [4.69, 9.17) is 9.97 Å². The standard InChI is InChI=1S/C20H13N3S/c1-2-7-14(8-3-1)19-22-16-10-5-4-9-15(16)17-13-21-20(23(17)19)18-11-6-12-24-18/h1-13H. The van der Waals surface area contributed by atoms with Crippen LogP contribution in [-0.4, -0.2) is 14.4 Å². The number of para-hydroxylation sites is 1. The number of thiophene rings is 1.